The molecule has 0 unspecified atom stereocenters. The van der Waals surface area contributed by atoms with E-state index in [9.17, 15) is 4.79 Å². The Hall–Kier alpha value is -1.65. The highest BCUT2D eigenvalue weighted by Gasteiger charge is 2.04. The molecule has 0 aliphatic heterocycles. The van der Waals surface area contributed by atoms with E-state index in [0.29, 0.717) is 5.02 Å². The molecule has 0 spiro atoms. The Bertz CT molecular complexity index is 651. The first-order valence-electron chi connectivity index (χ1n) is 6.38. The zero-order valence-electron chi connectivity index (χ0n) is 11.4. The lowest BCUT2D eigenvalue weighted by Crippen LogP contribution is -2.14. The normalized spacial score (nSPS) is 11.3. The molecule has 0 heterocycles. The molecule has 0 aromatic heterocycles. The van der Waals surface area contributed by atoms with Gasteiger partial charge in [0.05, 0.1) is 12.1 Å². The molecule has 2 rings (SSSR count). The Morgan fingerprint density at radius 1 is 1.14 bits per heavy atom. The first-order chi connectivity index (χ1) is 10.0. The molecule has 0 bridgehead atoms. The molecule has 0 aliphatic carbocycles. The summed E-state index contributed by atoms with van der Waals surface area (Å²) in [5.41, 5.74) is 2.31. The van der Waals surface area contributed by atoms with Gasteiger partial charge in [-0.05, 0) is 55.5 Å². The van der Waals surface area contributed by atoms with Crippen LogP contribution in [0.25, 0.3) is 0 Å². The fourth-order valence-electron chi connectivity index (χ4n) is 1.75. The molecule has 1 N–H and O–H groups in total. The highest BCUT2D eigenvalue weighted by Crippen LogP contribution is 2.18. The molecule has 0 atom stereocenters. The highest BCUT2D eigenvalue weighted by atomic mass is 79.9. The van der Waals surface area contributed by atoms with Gasteiger partial charge in [0.15, 0.2) is 0 Å². The van der Waals surface area contributed by atoms with Gasteiger partial charge in [-0.2, -0.15) is 0 Å². The Morgan fingerprint density at radius 2 is 1.76 bits per heavy atom. The molecule has 108 valence electrons. The van der Waals surface area contributed by atoms with Crippen molar-refractivity contribution < 1.29 is 4.79 Å². The molecule has 2 aromatic carbocycles. The third-order valence-corrected chi connectivity index (χ3v) is 3.47. The lowest BCUT2D eigenvalue weighted by molar-refractivity contribution is -0.115. The van der Waals surface area contributed by atoms with Crippen LogP contribution in [0.15, 0.2) is 58.0 Å². The van der Waals surface area contributed by atoms with Crippen LogP contribution < -0.4 is 5.32 Å². The predicted octanol–water partition coefficient (Wildman–Crippen LogP) is 5.22. The molecule has 0 radical (unpaired) electrons. The molecule has 0 fully saturated rings. The summed E-state index contributed by atoms with van der Waals surface area (Å²) in [7, 11) is 0. The molecular formula is C16H14BrClN2O. The van der Waals surface area contributed by atoms with Crippen LogP contribution in [-0.2, 0) is 4.79 Å². The summed E-state index contributed by atoms with van der Waals surface area (Å²) in [5.74, 6) is -0.101. The molecule has 3 nitrogen and oxygen atoms in total. The van der Waals surface area contributed by atoms with Gasteiger partial charge in [-0.15, -0.1) is 0 Å². The first kappa shape index (κ1) is 15.7. The van der Waals surface area contributed by atoms with Crippen LogP contribution in [0.2, 0.25) is 5.02 Å². The fraction of sp³-hybridized carbons (Fsp3) is 0.125. The Labute approximate surface area is 137 Å². The number of nitrogens with zero attached hydrogens (tertiary/aromatic N) is 1. The number of aliphatic imine (C=N–C) groups is 1. The van der Waals surface area contributed by atoms with Crippen molar-refractivity contribution in [2.24, 2.45) is 4.99 Å². The summed E-state index contributed by atoms with van der Waals surface area (Å²) in [6.07, 6.45) is 0.249. The molecule has 0 saturated heterocycles. The van der Waals surface area contributed by atoms with Crippen molar-refractivity contribution in [3.05, 3.63) is 58.0 Å². The van der Waals surface area contributed by atoms with Crippen LogP contribution in [0.4, 0.5) is 11.4 Å². The van der Waals surface area contributed by atoms with E-state index < -0.39 is 0 Å². The van der Waals surface area contributed by atoms with Crippen LogP contribution in [0, 0.1) is 0 Å². The topological polar surface area (TPSA) is 41.5 Å². The minimum absolute atomic E-state index is 0.101. The first-order valence-corrected chi connectivity index (χ1v) is 7.55. The average molecular weight is 366 g/mol. The number of nitrogens with one attached hydrogen (secondary N) is 1. The Morgan fingerprint density at radius 3 is 2.38 bits per heavy atom. The van der Waals surface area contributed by atoms with Crippen molar-refractivity contribution >= 4 is 50.5 Å². The monoisotopic (exact) mass is 364 g/mol. The van der Waals surface area contributed by atoms with Crippen LogP contribution in [-0.4, -0.2) is 11.6 Å². The van der Waals surface area contributed by atoms with Crippen LogP contribution in [0.5, 0.6) is 0 Å². The van der Waals surface area contributed by atoms with Crippen LogP contribution in [0.1, 0.15) is 13.3 Å². The van der Waals surface area contributed by atoms with E-state index in [4.69, 9.17) is 11.6 Å². The van der Waals surface area contributed by atoms with Gasteiger partial charge in [-0.1, -0.05) is 27.5 Å². The predicted molar refractivity (Wildman–Crippen MR) is 91.6 cm³/mol. The number of hydrogen-bond acceptors (Lipinski definition) is 2. The zero-order valence-corrected chi connectivity index (χ0v) is 13.8. The van der Waals surface area contributed by atoms with Gasteiger partial charge in [-0.3, -0.25) is 9.79 Å². The molecular weight excluding hydrogens is 352 g/mol. The highest BCUT2D eigenvalue weighted by molar-refractivity contribution is 9.10. The van der Waals surface area contributed by atoms with E-state index in [1.807, 2.05) is 31.2 Å². The van der Waals surface area contributed by atoms with E-state index in [1.54, 1.807) is 24.3 Å². The molecule has 2 aromatic rings. The van der Waals surface area contributed by atoms with Gasteiger partial charge in [0.2, 0.25) is 5.91 Å². The Kier molecular flexibility index (Phi) is 5.53. The quantitative estimate of drug-likeness (QED) is 0.741. The summed E-state index contributed by atoms with van der Waals surface area (Å²) in [6, 6.07) is 14.6. The van der Waals surface area contributed by atoms with Gasteiger partial charge in [0.25, 0.3) is 0 Å². The third kappa shape index (κ3) is 5.33. The number of halogens is 2. The standard InChI is InChI=1S/C16H14BrClN2O/c1-11(19-14-6-2-12(17)3-7-14)10-16(21)20-15-8-4-13(18)5-9-15/h2-9H,10H2,1H3,(H,20,21). The maximum Gasteiger partial charge on any atom is 0.230 e. The lowest BCUT2D eigenvalue weighted by Gasteiger charge is -2.05. The van der Waals surface area contributed by atoms with E-state index in [-0.39, 0.29) is 12.3 Å². The number of hydrogen-bond donors (Lipinski definition) is 1. The van der Waals surface area contributed by atoms with Crippen molar-refractivity contribution in [1.82, 2.24) is 0 Å². The largest absolute Gasteiger partial charge is 0.326 e. The number of anilines is 1. The van der Waals surface area contributed by atoms with Crippen LogP contribution >= 0.6 is 27.5 Å². The third-order valence-electron chi connectivity index (χ3n) is 2.69. The molecule has 5 heteroatoms. The summed E-state index contributed by atoms with van der Waals surface area (Å²) in [6.45, 7) is 1.84. The van der Waals surface area contributed by atoms with E-state index in [0.717, 1.165) is 21.6 Å². The maximum absolute atomic E-state index is 11.9. The van der Waals surface area contributed by atoms with Crippen molar-refractivity contribution in [1.29, 1.82) is 0 Å². The fourth-order valence-corrected chi connectivity index (χ4v) is 2.14. The second-order valence-electron chi connectivity index (χ2n) is 4.56. The summed E-state index contributed by atoms with van der Waals surface area (Å²) < 4.78 is 1.000. The Balaban J connectivity index is 1.95. The van der Waals surface area contributed by atoms with Crippen molar-refractivity contribution in [2.75, 3.05) is 5.32 Å². The van der Waals surface area contributed by atoms with Gasteiger partial charge in [-0.25, -0.2) is 0 Å². The number of amides is 1. The molecule has 0 saturated carbocycles. The SMILES string of the molecule is CC(CC(=O)Nc1ccc(Cl)cc1)=Nc1ccc(Br)cc1. The van der Waals surface area contributed by atoms with Gasteiger partial charge in [0, 0.05) is 20.9 Å². The van der Waals surface area contributed by atoms with Crippen molar-refractivity contribution in [3.63, 3.8) is 0 Å². The molecule has 0 aliphatic rings. The smallest absolute Gasteiger partial charge is 0.230 e. The van der Waals surface area contributed by atoms with E-state index in [2.05, 4.69) is 26.2 Å². The van der Waals surface area contributed by atoms with E-state index >= 15 is 0 Å². The zero-order chi connectivity index (χ0) is 15.2. The van der Waals surface area contributed by atoms with Gasteiger partial charge >= 0.3 is 0 Å². The van der Waals surface area contributed by atoms with Crippen molar-refractivity contribution in [2.45, 2.75) is 13.3 Å². The number of carbonyl (C=O) groups excluding carboxylic acids is 1. The second-order valence-corrected chi connectivity index (χ2v) is 5.91. The maximum atomic E-state index is 11.9. The minimum Gasteiger partial charge on any atom is -0.326 e. The second kappa shape index (κ2) is 7.38. The summed E-state index contributed by atoms with van der Waals surface area (Å²) >= 11 is 9.17. The number of benzene rings is 2. The minimum atomic E-state index is -0.101. The molecule has 1 amide bonds. The van der Waals surface area contributed by atoms with Crippen molar-refractivity contribution in [3.8, 4) is 0 Å². The van der Waals surface area contributed by atoms with E-state index in [1.165, 1.54) is 0 Å². The summed E-state index contributed by atoms with van der Waals surface area (Å²) in [4.78, 5) is 16.3. The van der Waals surface area contributed by atoms with Crippen LogP contribution in [0.3, 0.4) is 0 Å². The lowest BCUT2D eigenvalue weighted by atomic mass is 10.2. The molecule has 21 heavy (non-hydrogen) atoms. The van der Waals surface area contributed by atoms with Gasteiger partial charge < -0.3 is 5.32 Å². The van der Waals surface area contributed by atoms with Gasteiger partial charge in [0.1, 0.15) is 0 Å². The number of carbonyl (C=O) groups is 1. The number of rotatable bonds is 4. The average Bonchev–Trinajstić information content (AvgIpc) is 2.44. The summed E-state index contributed by atoms with van der Waals surface area (Å²) in [5, 5.41) is 3.45.